The van der Waals surface area contributed by atoms with Gasteiger partial charge >= 0.3 is 18.4 Å². The fraction of sp³-hybridized carbons (Fsp3) is 0.385. The average Bonchev–Trinajstić information content (AvgIpc) is 2.90. The first-order valence-corrected chi connectivity index (χ1v) is 12.1. The lowest BCUT2D eigenvalue weighted by atomic mass is 9.98. The molecular formula is C26H27F7N4O4. The van der Waals surface area contributed by atoms with Gasteiger partial charge in [-0.05, 0) is 36.4 Å². The van der Waals surface area contributed by atoms with Gasteiger partial charge in [0.15, 0.2) is 5.75 Å². The average molecular weight is 593 g/mol. The van der Waals surface area contributed by atoms with Crippen LogP contribution in [0.5, 0.6) is 5.75 Å². The zero-order chi connectivity index (χ0) is 30.4. The summed E-state index contributed by atoms with van der Waals surface area (Å²) in [6.07, 6.45) is -11.4. The molecule has 8 nitrogen and oxygen atoms in total. The number of aliphatic imine (C=N–C) groups is 1. The number of β-amino-alcohol motifs (C(OH)–C–C–N with tert-alkyl or cyclic N) is 1. The van der Waals surface area contributed by atoms with E-state index in [1.165, 1.54) is 0 Å². The molecule has 1 atom stereocenters. The molecule has 0 bridgehead atoms. The fourth-order valence-corrected chi connectivity index (χ4v) is 3.87. The molecule has 3 rings (SSSR count). The number of benzene rings is 2. The third kappa shape index (κ3) is 8.65. The maximum absolute atomic E-state index is 14.0. The van der Waals surface area contributed by atoms with Crippen LogP contribution in [0, 0.1) is 5.82 Å². The van der Waals surface area contributed by atoms with Gasteiger partial charge in [-0.2, -0.15) is 26.3 Å². The lowest BCUT2D eigenvalue weighted by Crippen LogP contribution is -2.41. The van der Waals surface area contributed by atoms with Gasteiger partial charge < -0.3 is 20.3 Å². The number of alkyl halides is 6. The van der Waals surface area contributed by atoms with Gasteiger partial charge in [0, 0.05) is 55.9 Å². The zero-order valence-electron chi connectivity index (χ0n) is 21.7. The Morgan fingerprint density at radius 2 is 1.78 bits per heavy atom. The molecule has 1 amide bonds. The molecule has 2 aromatic rings. The monoisotopic (exact) mass is 592 g/mol. The number of halogens is 7. The molecular weight excluding hydrogens is 565 g/mol. The van der Waals surface area contributed by atoms with Gasteiger partial charge in [-0.25, -0.2) is 9.18 Å². The topological polar surface area (TPSA) is 101 Å². The van der Waals surface area contributed by atoms with Crippen molar-refractivity contribution < 1.29 is 50.1 Å². The van der Waals surface area contributed by atoms with Crippen LogP contribution in [0.3, 0.4) is 0 Å². The quantitative estimate of drug-likeness (QED) is 0.345. The number of hydrogen-bond acceptors (Lipinski definition) is 7. The van der Waals surface area contributed by atoms with E-state index in [2.05, 4.69) is 4.99 Å². The summed E-state index contributed by atoms with van der Waals surface area (Å²) in [5.74, 6) is -1.89. The number of carbonyl (C=O) groups excluding carboxylic acids is 1. The molecule has 41 heavy (non-hydrogen) atoms. The Balaban J connectivity index is 1.98. The van der Waals surface area contributed by atoms with Crippen LogP contribution >= 0.6 is 0 Å². The highest BCUT2D eigenvalue weighted by Gasteiger charge is 2.41. The Bertz CT molecular complexity index is 1260. The standard InChI is InChI=1S/C26H27F7N4O4/c1-36(19-4-2-18(27)3-5-19)24(39)41-23-21(10-17(25(28,29)30)11-22(23)26(31,32)33)16(12-34)13-35-14-20(38)15-37-6-8-40-9-7-37/h2-5,10-13,20,38H,6-9,14-15,34H2,1H3/b16-12+,35-13?. The molecule has 0 saturated carbocycles. The molecule has 0 aromatic heterocycles. The van der Waals surface area contributed by atoms with E-state index in [9.17, 15) is 40.6 Å². The summed E-state index contributed by atoms with van der Waals surface area (Å²) in [7, 11) is 1.11. The van der Waals surface area contributed by atoms with Crippen molar-refractivity contribution in [3.8, 4) is 5.75 Å². The zero-order valence-corrected chi connectivity index (χ0v) is 21.7. The largest absolute Gasteiger partial charge is 0.420 e. The van der Waals surface area contributed by atoms with E-state index in [0.717, 1.165) is 42.4 Å². The number of nitrogens with zero attached hydrogens (tertiary/aromatic N) is 3. The minimum Gasteiger partial charge on any atom is -0.409 e. The third-order valence-electron chi connectivity index (χ3n) is 6.01. The Hall–Kier alpha value is -3.69. The summed E-state index contributed by atoms with van der Waals surface area (Å²) < 4.78 is 106. The molecule has 1 saturated heterocycles. The summed E-state index contributed by atoms with van der Waals surface area (Å²) in [5.41, 5.74) is 0.783. The van der Waals surface area contributed by atoms with Gasteiger partial charge in [0.05, 0.1) is 37.0 Å². The van der Waals surface area contributed by atoms with Crippen LogP contribution in [0.15, 0.2) is 47.6 Å². The first-order valence-electron chi connectivity index (χ1n) is 12.1. The summed E-state index contributed by atoms with van der Waals surface area (Å²) in [5, 5.41) is 10.3. The number of rotatable bonds is 8. The summed E-state index contributed by atoms with van der Waals surface area (Å²) in [6, 6.07) is 4.45. The Labute approximate surface area is 230 Å². The summed E-state index contributed by atoms with van der Waals surface area (Å²) in [4.78, 5) is 19.4. The number of amides is 1. The van der Waals surface area contributed by atoms with E-state index in [1.54, 1.807) is 0 Å². The van der Waals surface area contributed by atoms with E-state index in [0.29, 0.717) is 38.6 Å². The highest BCUT2D eigenvalue weighted by molar-refractivity contribution is 6.11. The predicted octanol–water partition coefficient (Wildman–Crippen LogP) is 4.56. The normalized spacial score (nSPS) is 16.2. The van der Waals surface area contributed by atoms with Crippen LogP contribution in [-0.2, 0) is 17.1 Å². The van der Waals surface area contributed by atoms with Gasteiger partial charge in [0.25, 0.3) is 0 Å². The van der Waals surface area contributed by atoms with Crippen molar-refractivity contribution >= 4 is 23.6 Å². The van der Waals surface area contributed by atoms with Crippen LogP contribution in [0.4, 0.5) is 41.2 Å². The minimum atomic E-state index is -5.38. The molecule has 224 valence electrons. The second kappa shape index (κ2) is 13.3. The van der Waals surface area contributed by atoms with Crippen LogP contribution in [-0.4, -0.2) is 74.9 Å². The minimum absolute atomic E-state index is 0.0313. The number of morpholine rings is 1. The second-order valence-corrected chi connectivity index (χ2v) is 8.98. The van der Waals surface area contributed by atoms with Gasteiger partial charge in [-0.3, -0.25) is 14.8 Å². The predicted molar refractivity (Wildman–Crippen MR) is 136 cm³/mol. The molecule has 2 aromatic carbocycles. The fourth-order valence-electron chi connectivity index (χ4n) is 3.87. The summed E-state index contributed by atoms with van der Waals surface area (Å²) >= 11 is 0. The lowest BCUT2D eigenvalue weighted by molar-refractivity contribution is -0.143. The Kier molecular flexibility index (Phi) is 10.3. The highest BCUT2D eigenvalue weighted by Crippen LogP contribution is 2.44. The van der Waals surface area contributed by atoms with E-state index in [-0.39, 0.29) is 24.8 Å². The van der Waals surface area contributed by atoms with E-state index >= 15 is 0 Å². The van der Waals surface area contributed by atoms with Crippen LogP contribution in [0.25, 0.3) is 5.57 Å². The van der Waals surface area contributed by atoms with Crippen LogP contribution in [0.2, 0.25) is 0 Å². The maximum Gasteiger partial charge on any atom is 0.420 e. The lowest BCUT2D eigenvalue weighted by Gasteiger charge is -2.28. The number of allylic oxidation sites excluding steroid dienone is 1. The number of aliphatic hydroxyl groups is 1. The number of anilines is 1. The third-order valence-corrected chi connectivity index (χ3v) is 6.01. The van der Waals surface area contributed by atoms with E-state index in [4.69, 9.17) is 15.2 Å². The molecule has 1 aliphatic rings. The van der Waals surface area contributed by atoms with E-state index in [1.807, 2.05) is 4.90 Å². The molecule has 0 radical (unpaired) electrons. The van der Waals surface area contributed by atoms with Crippen molar-refractivity contribution in [1.29, 1.82) is 0 Å². The van der Waals surface area contributed by atoms with Crippen molar-refractivity contribution in [2.45, 2.75) is 18.5 Å². The van der Waals surface area contributed by atoms with Crippen molar-refractivity contribution in [1.82, 2.24) is 4.90 Å². The number of hydrogen-bond donors (Lipinski definition) is 2. The van der Waals surface area contributed by atoms with Crippen molar-refractivity contribution in [3.63, 3.8) is 0 Å². The molecule has 3 N–H and O–H groups in total. The maximum atomic E-state index is 14.0. The van der Waals surface area contributed by atoms with Crippen molar-refractivity contribution in [2.75, 3.05) is 51.3 Å². The van der Waals surface area contributed by atoms with Gasteiger partial charge in [0.1, 0.15) is 5.82 Å². The molecule has 1 fully saturated rings. The number of nitrogens with two attached hydrogens (primary N) is 1. The van der Waals surface area contributed by atoms with E-state index < -0.39 is 58.4 Å². The Morgan fingerprint density at radius 3 is 2.34 bits per heavy atom. The SMILES string of the molecule is CN(C(=O)Oc1c(/C(C=NCC(O)CN2CCOCC2)=C/N)cc(C(F)(F)F)cc1C(F)(F)F)c1ccc(F)cc1. The van der Waals surface area contributed by atoms with Gasteiger partial charge in [-0.15, -0.1) is 0 Å². The summed E-state index contributed by atoms with van der Waals surface area (Å²) in [6.45, 7) is 2.06. The van der Waals surface area contributed by atoms with Crippen LogP contribution < -0.4 is 15.4 Å². The second-order valence-electron chi connectivity index (χ2n) is 8.98. The Morgan fingerprint density at radius 1 is 1.15 bits per heavy atom. The van der Waals surface area contributed by atoms with Gasteiger partial charge in [-0.1, -0.05) is 0 Å². The first-order chi connectivity index (χ1) is 19.2. The molecule has 0 aliphatic carbocycles. The highest BCUT2D eigenvalue weighted by atomic mass is 19.4. The van der Waals surface area contributed by atoms with Gasteiger partial charge in [0.2, 0.25) is 0 Å². The number of ether oxygens (including phenoxy) is 2. The van der Waals surface area contributed by atoms with Crippen molar-refractivity contribution in [2.24, 2.45) is 10.7 Å². The molecule has 1 aliphatic heterocycles. The molecule has 1 heterocycles. The van der Waals surface area contributed by atoms with Crippen molar-refractivity contribution in [3.05, 3.63) is 65.1 Å². The smallest absolute Gasteiger partial charge is 0.409 e. The van der Waals surface area contributed by atoms with Crippen LogP contribution in [0.1, 0.15) is 16.7 Å². The molecule has 1 unspecified atom stereocenters. The molecule has 0 spiro atoms. The molecule has 15 heteroatoms. The number of aliphatic hydroxyl groups excluding tert-OH is 1. The first kappa shape index (κ1) is 31.8. The number of carbonyl (C=O) groups is 1.